The molecule has 1 heterocycles. The van der Waals surface area contributed by atoms with Gasteiger partial charge in [-0.1, -0.05) is 42.5 Å². The summed E-state index contributed by atoms with van der Waals surface area (Å²) >= 11 is 0. The number of nitrogens with one attached hydrogen (secondary N) is 2. The molecule has 154 valence electrons. The highest BCUT2D eigenvalue weighted by Gasteiger charge is 2.08. The van der Waals surface area contributed by atoms with Crippen LogP contribution in [-0.2, 0) is 11.3 Å². The van der Waals surface area contributed by atoms with Crippen LogP contribution in [0.2, 0.25) is 0 Å². The predicted molar refractivity (Wildman–Crippen MR) is 120 cm³/mol. The first-order valence-electron chi connectivity index (χ1n) is 9.86. The Morgan fingerprint density at radius 2 is 1.68 bits per heavy atom. The summed E-state index contributed by atoms with van der Waals surface area (Å²) in [6.07, 6.45) is 3.39. The average molecular weight is 411 g/mol. The molecule has 0 fully saturated rings. The summed E-state index contributed by atoms with van der Waals surface area (Å²) in [5.74, 6) is 0.191. The summed E-state index contributed by atoms with van der Waals surface area (Å²) in [4.78, 5) is 28.6. The fourth-order valence-corrected chi connectivity index (χ4v) is 3.15. The highest BCUT2D eigenvalue weighted by molar-refractivity contribution is 5.96. The molecule has 0 spiro atoms. The van der Waals surface area contributed by atoms with E-state index in [-0.39, 0.29) is 18.4 Å². The van der Waals surface area contributed by atoms with E-state index in [1.165, 1.54) is 0 Å². The number of hydrogen-bond acceptors (Lipinski definition) is 4. The first-order chi connectivity index (χ1) is 15.2. The van der Waals surface area contributed by atoms with Crippen molar-refractivity contribution in [3.05, 3.63) is 102 Å². The number of anilines is 1. The molecule has 4 rings (SSSR count). The number of rotatable bonds is 7. The Bertz CT molecular complexity index is 1190. The van der Waals surface area contributed by atoms with Crippen LogP contribution in [0.5, 0.6) is 5.75 Å². The lowest BCUT2D eigenvalue weighted by Crippen LogP contribution is -2.23. The highest BCUT2D eigenvalue weighted by atomic mass is 16.5. The largest absolute Gasteiger partial charge is 0.483 e. The lowest BCUT2D eigenvalue weighted by Gasteiger charge is -2.10. The molecule has 0 radical (unpaired) electrons. The quantitative estimate of drug-likeness (QED) is 0.478. The second kappa shape index (κ2) is 9.54. The second-order valence-electron chi connectivity index (χ2n) is 6.94. The van der Waals surface area contributed by atoms with Crippen molar-refractivity contribution in [1.82, 2.24) is 10.3 Å². The zero-order valence-corrected chi connectivity index (χ0v) is 16.7. The van der Waals surface area contributed by atoms with Crippen LogP contribution in [0.1, 0.15) is 15.9 Å². The fraction of sp³-hybridized carbons (Fsp3) is 0.0800. The topological polar surface area (TPSA) is 80.3 Å². The minimum absolute atomic E-state index is 0.110. The summed E-state index contributed by atoms with van der Waals surface area (Å²) in [6.45, 7) is 0.290. The summed E-state index contributed by atoms with van der Waals surface area (Å²) in [5, 5.41) is 7.63. The van der Waals surface area contributed by atoms with Crippen molar-refractivity contribution in [3.8, 4) is 5.75 Å². The van der Waals surface area contributed by atoms with Crippen molar-refractivity contribution in [2.45, 2.75) is 6.54 Å². The first kappa shape index (κ1) is 20.1. The number of hydrogen-bond donors (Lipinski definition) is 2. The third kappa shape index (κ3) is 5.25. The van der Waals surface area contributed by atoms with Crippen LogP contribution in [0.4, 0.5) is 5.69 Å². The maximum absolute atomic E-state index is 12.3. The molecular weight excluding hydrogens is 390 g/mol. The van der Waals surface area contributed by atoms with Gasteiger partial charge in [-0.25, -0.2) is 0 Å². The number of ether oxygens (including phenoxy) is 1. The zero-order chi connectivity index (χ0) is 21.5. The number of aromatic nitrogens is 1. The van der Waals surface area contributed by atoms with Gasteiger partial charge in [0.1, 0.15) is 5.75 Å². The molecule has 6 nitrogen and oxygen atoms in total. The molecule has 0 aliphatic carbocycles. The second-order valence-corrected chi connectivity index (χ2v) is 6.94. The molecule has 0 aliphatic heterocycles. The summed E-state index contributed by atoms with van der Waals surface area (Å²) in [6, 6.07) is 24.0. The third-order valence-electron chi connectivity index (χ3n) is 4.72. The van der Waals surface area contributed by atoms with Crippen LogP contribution in [0, 0.1) is 0 Å². The lowest BCUT2D eigenvalue weighted by molar-refractivity contribution is -0.118. The summed E-state index contributed by atoms with van der Waals surface area (Å²) < 4.78 is 5.71. The van der Waals surface area contributed by atoms with Crippen molar-refractivity contribution in [3.63, 3.8) is 0 Å². The van der Waals surface area contributed by atoms with E-state index in [4.69, 9.17) is 4.74 Å². The molecule has 1 aromatic heterocycles. The molecule has 0 atom stereocenters. The highest BCUT2D eigenvalue weighted by Crippen LogP contribution is 2.25. The van der Waals surface area contributed by atoms with Crippen LogP contribution in [0.3, 0.4) is 0 Å². The standard InChI is InChI=1S/C25H21N3O3/c29-24(17-31-23-9-3-7-19-6-1-2-8-22(19)23)28-21-12-10-20(11-13-21)25(30)27-16-18-5-4-14-26-15-18/h1-15H,16-17H2,(H,27,30)(H,28,29). The number of pyridine rings is 1. The van der Waals surface area contributed by atoms with Gasteiger partial charge in [-0.2, -0.15) is 0 Å². The van der Waals surface area contributed by atoms with Crippen molar-refractivity contribution in [2.75, 3.05) is 11.9 Å². The lowest BCUT2D eigenvalue weighted by atomic mass is 10.1. The van der Waals surface area contributed by atoms with Gasteiger partial charge in [0.15, 0.2) is 6.61 Å². The Balaban J connectivity index is 1.30. The number of fused-ring (bicyclic) bond motifs is 1. The Morgan fingerprint density at radius 1 is 0.871 bits per heavy atom. The summed E-state index contributed by atoms with van der Waals surface area (Å²) in [7, 11) is 0. The van der Waals surface area contributed by atoms with E-state index in [1.54, 1.807) is 36.7 Å². The maximum Gasteiger partial charge on any atom is 0.262 e. The Kier molecular flexibility index (Phi) is 6.18. The molecular formula is C25H21N3O3. The summed E-state index contributed by atoms with van der Waals surface area (Å²) in [5.41, 5.74) is 2.02. The van der Waals surface area contributed by atoms with Crippen LogP contribution in [-0.4, -0.2) is 23.4 Å². The first-order valence-corrected chi connectivity index (χ1v) is 9.86. The van der Waals surface area contributed by atoms with Gasteiger partial charge in [-0.15, -0.1) is 0 Å². The number of amides is 2. The van der Waals surface area contributed by atoms with Gasteiger partial charge in [-0.3, -0.25) is 14.6 Å². The molecule has 3 aromatic carbocycles. The van der Waals surface area contributed by atoms with Gasteiger partial charge in [-0.05, 0) is 47.3 Å². The molecule has 0 unspecified atom stereocenters. The molecule has 0 saturated heterocycles. The smallest absolute Gasteiger partial charge is 0.262 e. The molecule has 2 N–H and O–H groups in total. The average Bonchev–Trinajstić information content (AvgIpc) is 2.82. The monoisotopic (exact) mass is 411 g/mol. The number of nitrogens with zero attached hydrogens (tertiary/aromatic N) is 1. The van der Waals surface area contributed by atoms with Gasteiger partial charge in [0, 0.05) is 35.6 Å². The van der Waals surface area contributed by atoms with Gasteiger partial charge < -0.3 is 15.4 Å². The van der Waals surface area contributed by atoms with Crippen molar-refractivity contribution >= 4 is 28.3 Å². The predicted octanol–water partition coefficient (Wildman–Crippen LogP) is 4.18. The van der Waals surface area contributed by atoms with Crippen LogP contribution >= 0.6 is 0 Å². The normalized spacial score (nSPS) is 10.5. The van der Waals surface area contributed by atoms with Crippen LogP contribution in [0.25, 0.3) is 10.8 Å². The maximum atomic E-state index is 12.3. The SMILES string of the molecule is O=C(COc1cccc2ccccc12)Nc1ccc(C(=O)NCc2cccnc2)cc1. The van der Waals surface area contributed by atoms with Crippen molar-refractivity contribution in [2.24, 2.45) is 0 Å². The molecule has 2 amide bonds. The van der Waals surface area contributed by atoms with E-state index in [0.29, 0.717) is 23.5 Å². The molecule has 4 aromatic rings. The Hall–Kier alpha value is -4.19. The van der Waals surface area contributed by atoms with E-state index in [9.17, 15) is 9.59 Å². The van der Waals surface area contributed by atoms with Crippen molar-refractivity contribution in [1.29, 1.82) is 0 Å². The van der Waals surface area contributed by atoms with E-state index < -0.39 is 0 Å². The Labute approximate surface area is 179 Å². The number of carbonyl (C=O) groups excluding carboxylic acids is 2. The molecule has 0 aliphatic rings. The zero-order valence-electron chi connectivity index (χ0n) is 16.7. The fourth-order valence-electron chi connectivity index (χ4n) is 3.15. The van der Waals surface area contributed by atoms with Crippen LogP contribution < -0.4 is 15.4 Å². The molecule has 6 heteroatoms. The minimum atomic E-state index is -0.276. The van der Waals surface area contributed by atoms with Gasteiger partial charge in [0.25, 0.3) is 11.8 Å². The van der Waals surface area contributed by atoms with Crippen LogP contribution in [0.15, 0.2) is 91.3 Å². The minimum Gasteiger partial charge on any atom is -0.483 e. The van der Waals surface area contributed by atoms with E-state index >= 15 is 0 Å². The third-order valence-corrected chi connectivity index (χ3v) is 4.72. The van der Waals surface area contributed by atoms with E-state index in [1.807, 2.05) is 54.6 Å². The molecule has 0 bridgehead atoms. The van der Waals surface area contributed by atoms with E-state index in [0.717, 1.165) is 16.3 Å². The van der Waals surface area contributed by atoms with Crippen molar-refractivity contribution < 1.29 is 14.3 Å². The molecule has 31 heavy (non-hydrogen) atoms. The van der Waals surface area contributed by atoms with E-state index in [2.05, 4.69) is 15.6 Å². The number of carbonyl (C=O) groups is 2. The molecule has 0 saturated carbocycles. The number of benzene rings is 3. The Morgan fingerprint density at radius 3 is 2.48 bits per heavy atom. The van der Waals surface area contributed by atoms with Gasteiger partial charge >= 0.3 is 0 Å². The van der Waals surface area contributed by atoms with Gasteiger partial charge in [0.05, 0.1) is 0 Å². The van der Waals surface area contributed by atoms with Gasteiger partial charge in [0.2, 0.25) is 0 Å².